The van der Waals surface area contributed by atoms with Crippen LogP contribution < -0.4 is 15.8 Å². The minimum atomic E-state index is -3.11. The Labute approximate surface area is 111 Å². The molecule has 7 heteroatoms. The van der Waals surface area contributed by atoms with Crippen molar-refractivity contribution in [1.29, 1.82) is 0 Å². The summed E-state index contributed by atoms with van der Waals surface area (Å²) in [5.41, 5.74) is 5.09. The van der Waals surface area contributed by atoms with Gasteiger partial charge in [0.25, 0.3) is 0 Å². The van der Waals surface area contributed by atoms with Crippen LogP contribution in [0.25, 0.3) is 0 Å². The molecule has 0 radical (unpaired) electrons. The van der Waals surface area contributed by atoms with Gasteiger partial charge in [-0.25, -0.2) is 12.8 Å². The number of methoxy groups -OCH3 is 1. The Bertz CT molecular complexity index is 576. The van der Waals surface area contributed by atoms with Crippen molar-refractivity contribution >= 4 is 15.5 Å². The van der Waals surface area contributed by atoms with Crippen molar-refractivity contribution in [1.82, 2.24) is 0 Å². The molecule has 1 aromatic rings. The molecule has 2 rings (SSSR count). The normalized spacial score (nSPS) is 25.2. The maximum Gasteiger partial charge on any atom is 0.152 e. The van der Waals surface area contributed by atoms with Gasteiger partial charge in [-0.3, -0.25) is 0 Å². The zero-order valence-corrected chi connectivity index (χ0v) is 11.5. The van der Waals surface area contributed by atoms with Crippen LogP contribution in [-0.4, -0.2) is 39.1 Å². The fourth-order valence-electron chi connectivity index (χ4n) is 2.24. The number of nitrogens with one attached hydrogen (secondary N) is 1. The lowest BCUT2D eigenvalue weighted by Gasteiger charge is -2.29. The molecule has 5 nitrogen and oxygen atoms in total. The molecule has 3 N–H and O–H groups in total. The molecule has 1 saturated heterocycles. The van der Waals surface area contributed by atoms with Crippen LogP contribution in [0.1, 0.15) is 6.42 Å². The van der Waals surface area contributed by atoms with E-state index in [2.05, 4.69) is 5.32 Å². The van der Waals surface area contributed by atoms with Gasteiger partial charge in [0.15, 0.2) is 9.84 Å². The van der Waals surface area contributed by atoms with E-state index < -0.39 is 21.2 Å². The van der Waals surface area contributed by atoms with Crippen LogP contribution >= 0.6 is 0 Å². The second-order valence-electron chi connectivity index (χ2n) is 4.80. The highest BCUT2D eigenvalue weighted by Gasteiger charge is 2.41. The highest BCUT2D eigenvalue weighted by Crippen LogP contribution is 2.30. The molecule has 1 aromatic carbocycles. The van der Waals surface area contributed by atoms with Gasteiger partial charge in [-0.15, -0.1) is 0 Å². The van der Waals surface area contributed by atoms with E-state index in [1.54, 1.807) is 0 Å². The Morgan fingerprint density at radius 2 is 2.26 bits per heavy atom. The molecule has 19 heavy (non-hydrogen) atoms. The van der Waals surface area contributed by atoms with Crippen LogP contribution in [0.3, 0.4) is 0 Å². The molecule has 1 atom stereocenters. The van der Waals surface area contributed by atoms with E-state index in [0.717, 1.165) is 0 Å². The predicted octanol–water partition coefficient (Wildman–Crippen LogP) is 0.762. The van der Waals surface area contributed by atoms with E-state index in [0.29, 0.717) is 12.2 Å². The largest absolute Gasteiger partial charge is 0.497 e. The maximum absolute atomic E-state index is 13.7. The Morgan fingerprint density at radius 3 is 2.79 bits per heavy atom. The molecule has 1 aliphatic rings. The van der Waals surface area contributed by atoms with E-state index >= 15 is 0 Å². The molecule has 0 bridgehead atoms. The van der Waals surface area contributed by atoms with E-state index in [-0.39, 0.29) is 23.7 Å². The van der Waals surface area contributed by atoms with Crippen LogP contribution in [0, 0.1) is 5.82 Å². The number of rotatable bonds is 4. The fraction of sp³-hybridized carbons (Fsp3) is 0.500. The van der Waals surface area contributed by atoms with Crippen molar-refractivity contribution < 1.29 is 17.5 Å². The topological polar surface area (TPSA) is 81.4 Å². The molecule has 106 valence electrons. The highest BCUT2D eigenvalue weighted by atomic mass is 32.2. The summed E-state index contributed by atoms with van der Waals surface area (Å²) < 4.78 is 42.0. The maximum atomic E-state index is 13.7. The lowest BCUT2D eigenvalue weighted by Crippen LogP contribution is -2.46. The third-order valence-corrected chi connectivity index (χ3v) is 5.17. The molecule has 0 saturated carbocycles. The first-order valence-electron chi connectivity index (χ1n) is 5.92. The van der Waals surface area contributed by atoms with Gasteiger partial charge >= 0.3 is 0 Å². The van der Waals surface area contributed by atoms with Gasteiger partial charge in [0.1, 0.15) is 11.6 Å². The second-order valence-corrected chi connectivity index (χ2v) is 6.98. The lowest BCUT2D eigenvalue weighted by atomic mass is 9.98. The van der Waals surface area contributed by atoms with Crippen LogP contribution in [0.2, 0.25) is 0 Å². The van der Waals surface area contributed by atoms with Crippen LogP contribution in [0.5, 0.6) is 5.75 Å². The van der Waals surface area contributed by atoms with Gasteiger partial charge < -0.3 is 15.8 Å². The number of hydrogen-bond donors (Lipinski definition) is 2. The average molecular weight is 288 g/mol. The summed E-state index contributed by atoms with van der Waals surface area (Å²) in [5, 5.41) is 2.94. The highest BCUT2D eigenvalue weighted by molar-refractivity contribution is 7.91. The molecule has 0 aromatic heterocycles. The molecular weight excluding hydrogens is 271 g/mol. The van der Waals surface area contributed by atoms with Crippen LogP contribution in [-0.2, 0) is 9.84 Å². The summed E-state index contributed by atoms with van der Waals surface area (Å²) in [7, 11) is -1.63. The average Bonchev–Trinajstić information content (AvgIpc) is 2.68. The number of hydrogen-bond acceptors (Lipinski definition) is 5. The Morgan fingerprint density at radius 1 is 1.53 bits per heavy atom. The predicted molar refractivity (Wildman–Crippen MR) is 71.6 cm³/mol. The quantitative estimate of drug-likeness (QED) is 0.855. The van der Waals surface area contributed by atoms with Gasteiger partial charge in [0.05, 0.1) is 29.8 Å². The number of benzene rings is 1. The first-order valence-corrected chi connectivity index (χ1v) is 7.74. The first kappa shape index (κ1) is 14.1. The van der Waals surface area contributed by atoms with E-state index in [4.69, 9.17) is 10.5 Å². The standard InChI is InChI=1S/C12H17FN2O3S/c1-18-9-2-3-10(13)11(6-9)15-12(7-14)4-5-19(16,17)8-12/h2-3,6,15H,4-5,7-8,14H2,1H3. The minimum Gasteiger partial charge on any atom is -0.497 e. The summed E-state index contributed by atoms with van der Waals surface area (Å²) >= 11 is 0. The third-order valence-electron chi connectivity index (χ3n) is 3.35. The van der Waals surface area contributed by atoms with Gasteiger partial charge in [-0.1, -0.05) is 0 Å². The lowest BCUT2D eigenvalue weighted by molar-refractivity contribution is 0.413. The van der Waals surface area contributed by atoms with E-state index in [1.807, 2.05) is 0 Å². The minimum absolute atomic E-state index is 0.0722. The molecule has 0 aliphatic carbocycles. The van der Waals surface area contributed by atoms with Gasteiger partial charge in [-0.2, -0.15) is 0 Å². The van der Waals surface area contributed by atoms with Crippen LogP contribution in [0.4, 0.5) is 10.1 Å². The van der Waals surface area contributed by atoms with Crippen molar-refractivity contribution in [2.24, 2.45) is 5.73 Å². The molecule has 1 aliphatic heterocycles. The summed E-state index contributed by atoms with van der Waals surface area (Å²) in [6, 6.07) is 4.27. The molecule has 1 heterocycles. The number of nitrogens with two attached hydrogens (primary N) is 1. The van der Waals surface area contributed by atoms with Crippen molar-refractivity contribution in [3.05, 3.63) is 24.0 Å². The Balaban J connectivity index is 2.29. The van der Waals surface area contributed by atoms with E-state index in [9.17, 15) is 12.8 Å². The number of sulfone groups is 1. The van der Waals surface area contributed by atoms with Gasteiger partial charge in [-0.05, 0) is 18.6 Å². The Hall–Kier alpha value is -1.34. The zero-order chi connectivity index (χ0) is 14.1. The first-order chi connectivity index (χ1) is 8.90. The van der Waals surface area contributed by atoms with Crippen molar-refractivity contribution in [2.75, 3.05) is 30.5 Å². The zero-order valence-electron chi connectivity index (χ0n) is 10.6. The van der Waals surface area contributed by atoms with Crippen LogP contribution in [0.15, 0.2) is 18.2 Å². The molecule has 0 spiro atoms. The summed E-state index contributed by atoms with van der Waals surface area (Å²) in [6.07, 6.45) is 0.377. The molecule has 1 unspecified atom stereocenters. The number of anilines is 1. The third kappa shape index (κ3) is 2.98. The summed E-state index contributed by atoms with van der Waals surface area (Å²) in [4.78, 5) is 0. The van der Waals surface area contributed by atoms with Crippen molar-refractivity contribution in [3.63, 3.8) is 0 Å². The van der Waals surface area contributed by atoms with E-state index in [1.165, 1.54) is 25.3 Å². The van der Waals surface area contributed by atoms with Gasteiger partial charge in [0, 0.05) is 12.6 Å². The SMILES string of the molecule is COc1ccc(F)c(NC2(CN)CCS(=O)(=O)C2)c1. The summed E-state index contributed by atoms with van der Waals surface area (Å²) in [6.45, 7) is 0.128. The van der Waals surface area contributed by atoms with Crippen molar-refractivity contribution in [3.8, 4) is 5.75 Å². The molecule has 1 fully saturated rings. The molecule has 0 amide bonds. The number of halogens is 1. The van der Waals surface area contributed by atoms with Gasteiger partial charge in [0.2, 0.25) is 0 Å². The van der Waals surface area contributed by atoms with Crippen molar-refractivity contribution in [2.45, 2.75) is 12.0 Å². The smallest absolute Gasteiger partial charge is 0.152 e. The molecular formula is C12H17FN2O3S. The number of ether oxygens (including phenoxy) is 1. The monoisotopic (exact) mass is 288 g/mol. The summed E-state index contributed by atoms with van der Waals surface area (Å²) in [5.74, 6) is 0.0329. The fourth-order valence-corrected chi connectivity index (χ4v) is 4.26. The second kappa shape index (κ2) is 4.97. The Kier molecular flexibility index (Phi) is 3.69.